The zero-order chi connectivity index (χ0) is 23.9. The largest absolute Gasteiger partial charge is 2.00 e. The molecule has 189 valence electrons. The Kier molecular flexibility index (Phi) is 8.58. The van der Waals surface area contributed by atoms with Gasteiger partial charge < -0.3 is 24.8 Å². The molecule has 7 aromatic rings. The van der Waals surface area contributed by atoms with Crippen LogP contribution < -0.4 is 24.8 Å². The maximum absolute atomic E-state index is 5.11. The van der Waals surface area contributed by atoms with Crippen molar-refractivity contribution in [3.05, 3.63) is 127 Å². The maximum Gasteiger partial charge on any atom is 2.00 e. The van der Waals surface area contributed by atoms with Crippen molar-refractivity contribution in [3.8, 4) is 34.4 Å². The summed E-state index contributed by atoms with van der Waals surface area (Å²) in [5.74, 6) is 1.60. The predicted octanol–water partition coefficient (Wildman–Crippen LogP) is 1.10. The topological polar surface area (TPSA) is 48.5 Å². The number of pyridine rings is 1. The Hall–Kier alpha value is -3.87. The molecule has 0 aliphatic carbocycles. The second-order valence-electron chi connectivity index (χ2n) is 8.60. The molecule has 5 nitrogen and oxygen atoms in total. The van der Waals surface area contributed by atoms with Gasteiger partial charge >= 0.3 is 18.6 Å². The Morgan fingerprint density at radius 1 is 0.385 bits per heavy atom. The molecule has 0 aliphatic rings. The van der Waals surface area contributed by atoms with Gasteiger partial charge in [-0.15, -0.1) is 0 Å². The van der Waals surface area contributed by atoms with E-state index >= 15 is 0 Å². The molecule has 0 N–H and O–H groups in total. The summed E-state index contributed by atoms with van der Waals surface area (Å²) < 4.78 is 4.34. The van der Waals surface area contributed by atoms with Gasteiger partial charge in [0.25, 0.3) is 0 Å². The smallest absolute Gasteiger partial charge is 1.00 e. The minimum atomic E-state index is 0. The van der Waals surface area contributed by atoms with E-state index in [0.29, 0.717) is 0 Å². The van der Waals surface area contributed by atoms with E-state index in [1.807, 2.05) is 91.0 Å². The van der Waals surface area contributed by atoms with Crippen LogP contribution in [0.3, 0.4) is 0 Å². The van der Waals surface area contributed by atoms with Crippen molar-refractivity contribution in [1.82, 2.24) is 24.1 Å². The normalized spacial score (nSPS) is 10.5. The SMILES string of the molecule is [Cl-].[Cl-].[V+2].c1ccc(-n2c(-c3cccc(-c4nc5ccccc5n4-c4ccccc4)n3)nc3ccccc32)cc1. The van der Waals surface area contributed by atoms with Gasteiger partial charge in [-0.2, -0.15) is 0 Å². The van der Waals surface area contributed by atoms with Crippen molar-refractivity contribution in [1.29, 1.82) is 0 Å². The zero-order valence-electron chi connectivity index (χ0n) is 20.6. The second kappa shape index (κ2) is 11.9. The summed E-state index contributed by atoms with van der Waals surface area (Å²) in [6.07, 6.45) is 0. The number of aromatic nitrogens is 5. The van der Waals surface area contributed by atoms with Gasteiger partial charge in [0, 0.05) is 11.4 Å². The molecule has 0 atom stereocenters. The van der Waals surface area contributed by atoms with E-state index < -0.39 is 0 Å². The van der Waals surface area contributed by atoms with Crippen molar-refractivity contribution >= 4 is 22.1 Å². The van der Waals surface area contributed by atoms with Crippen LogP contribution in [0.4, 0.5) is 0 Å². The fourth-order valence-corrected chi connectivity index (χ4v) is 4.76. The summed E-state index contributed by atoms with van der Waals surface area (Å²) in [5.41, 5.74) is 7.62. The summed E-state index contributed by atoms with van der Waals surface area (Å²) >= 11 is 0. The molecule has 8 heteroatoms. The maximum atomic E-state index is 5.11. The standard InChI is InChI=1S/C31H21N5.2ClH.V/c1-3-12-22(13-4-1)35-28-20-9-7-16-24(28)33-30(35)26-18-11-19-27(32-26)31-34-25-17-8-10-21-29(25)36(31)23-14-5-2-6-15-23;;;/h1-21H;2*1H;/q;;;+2/p-2. The van der Waals surface area contributed by atoms with Crippen LogP contribution in [0.25, 0.3) is 56.5 Å². The molecule has 3 aromatic heterocycles. The van der Waals surface area contributed by atoms with Gasteiger partial charge in [0.15, 0.2) is 11.6 Å². The molecular formula is C31H21Cl2N5V. The number of nitrogens with zero attached hydrogens (tertiary/aromatic N) is 5. The Morgan fingerprint density at radius 2 is 0.769 bits per heavy atom. The number of para-hydroxylation sites is 6. The van der Waals surface area contributed by atoms with Crippen LogP contribution in [-0.4, -0.2) is 24.1 Å². The molecule has 39 heavy (non-hydrogen) atoms. The Balaban J connectivity index is 0.00000118. The first-order chi connectivity index (χ1) is 17.9. The van der Waals surface area contributed by atoms with Crippen molar-refractivity contribution in [2.24, 2.45) is 0 Å². The number of imidazole rings is 2. The van der Waals surface area contributed by atoms with Gasteiger partial charge in [-0.25, -0.2) is 15.0 Å². The number of benzene rings is 4. The van der Waals surface area contributed by atoms with E-state index in [9.17, 15) is 0 Å². The second-order valence-corrected chi connectivity index (χ2v) is 8.60. The summed E-state index contributed by atoms with van der Waals surface area (Å²) in [5, 5.41) is 0. The fraction of sp³-hybridized carbons (Fsp3) is 0. The van der Waals surface area contributed by atoms with E-state index in [1.165, 1.54) is 0 Å². The van der Waals surface area contributed by atoms with Crippen molar-refractivity contribution in [3.63, 3.8) is 0 Å². The molecule has 7 rings (SSSR count). The summed E-state index contributed by atoms with van der Waals surface area (Å²) in [6, 6.07) is 43.0. The number of halogens is 2. The molecule has 0 saturated carbocycles. The van der Waals surface area contributed by atoms with Gasteiger partial charge in [-0.3, -0.25) is 9.13 Å². The Bertz CT molecular complexity index is 1720. The first-order valence-electron chi connectivity index (χ1n) is 11.9. The van der Waals surface area contributed by atoms with E-state index in [2.05, 4.69) is 45.5 Å². The van der Waals surface area contributed by atoms with Crippen LogP contribution in [0.1, 0.15) is 0 Å². The van der Waals surface area contributed by atoms with Crippen LogP contribution in [0.15, 0.2) is 127 Å². The van der Waals surface area contributed by atoms with E-state index in [0.717, 1.165) is 56.5 Å². The molecule has 0 saturated heterocycles. The van der Waals surface area contributed by atoms with Crippen LogP contribution >= 0.6 is 0 Å². The van der Waals surface area contributed by atoms with Gasteiger partial charge in [-0.1, -0.05) is 66.7 Å². The minimum Gasteiger partial charge on any atom is -1.00 e. The van der Waals surface area contributed by atoms with Crippen LogP contribution in [0, 0.1) is 0 Å². The van der Waals surface area contributed by atoms with Crippen molar-refractivity contribution < 1.29 is 43.4 Å². The molecule has 4 aromatic carbocycles. The van der Waals surface area contributed by atoms with Gasteiger partial charge in [0.1, 0.15) is 11.4 Å². The average Bonchev–Trinajstić information content (AvgIpc) is 3.53. The molecule has 1 radical (unpaired) electrons. The molecule has 0 aliphatic heterocycles. The number of fused-ring (bicyclic) bond motifs is 2. The molecule has 3 heterocycles. The minimum absolute atomic E-state index is 0. The quantitative estimate of drug-likeness (QED) is 0.311. The van der Waals surface area contributed by atoms with Gasteiger partial charge in [-0.05, 0) is 60.7 Å². The molecule has 0 unspecified atom stereocenters. The van der Waals surface area contributed by atoms with Crippen molar-refractivity contribution in [2.75, 3.05) is 0 Å². The molecule has 0 bridgehead atoms. The van der Waals surface area contributed by atoms with Crippen LogP contribution in [-0.2, 0) is 18.6 Å². The Labute approximate surface area is 250 Å². The molecular weight excluding hydrogens is 564 g/mol. The van der Waals surface area contributed by atoms with Crippen LogP contribution in [0.2, 0.25) is 0 Å². The Morgan fingerprint density at radius 3 is 1.21 bits per heavy atom. The predicted molar refractivity (Wildman–Crippen MR) is 144 cm³/mol. The molecule has 0 spiro atoms. The van der Waals surface area contributed by atoms with Crippen LogP contribution in [0.5, 0.6) is 0 Å². The van der Waals surface area contributed by atoms with E-state index in [4.69, 9.17) is 15.0 Å². The van der Waals surface area contributed by atoms with Crippen molar-refractivity contribution in [2.45, 2.75) is 0 Å². The third-order valence-electron chi connectivity index (χ3n) is 6.36. The average molecular weight is 585 g/mol. The number of rotatable bonds is 4. The molecule has 0 amide bonds. The van der Waals surface area contributed by atoms with Gasteiger partial charge in [0.2, 0.25) is 0 Å². The van der Waals surface area contributed by atoms with Gasteiger partial charge in [0.05, 0.1) is 22.1 Å². The third-order valence-corrected chi connectivity index (χ3v) is 6.36. The first kappa shape index (κ1) is 28.2. The number of hydrogen-bond donors (Lipinski definition) is 0. The molecule has 0 fully saturated rings. The summed E-state index contributed by atoms with van der Waals surface area (Å²) in [4.78, 5) is 15.1. The van der Waals surface area contributed by atoms with E-state index in [-0.39, 0.29) is 43.4 Å². The fourth-order valence-electron chi connectivity index (χ4n) is 4.76. The van der Waals surface area contributed by atoms with E-state index in [1.54, 1.807) is 0 Å². The zero-order valence-corrected chi connectivity index (χ0v) is 23.5. The first-order valence-corrected chi connectivity index (χ1v) is 11.9. The summed E-state index contributed by atoms with van der Waals surface area (Å²) in [6.45, 7) is 0. The summed E-state index contributed by atoms with van der Waals surface area (Å²) in [7, 11) is 0. The number of hydrogen-bond acceptors (Lipinski definition) is 3. The third kappa shape index (κ3) is 4.98. The monoisotopic (exact) mass is 584 g/mol.